The van der Waals surface area contributed by atoms with E-state index >= 15 is 0 Å². The first-order valence-corrected chi connectivity index (χ1v) is 7.29. The first-order valence-electron chi connectivity index (χ1n) is 7.29. The van der Waals surface area contributed by atoms with Gasteiger partial charge in [-0.25, -0.2) is 4.79 Å². The van der Waals surface area contributed by atoms with E-state index in [-0.39, 0.29) is 6.61 Å². The summed E-state index contributed by atoms with van der Waals surface area (Å²) in [5.41, 5.74) is 0.667. The van der Waals surface area contributed by atoms with Gasteiger partial charge in [-0.05, 0) is 13.0 Å². The van der Waals surface area contributed by atoms with Crippen LogP contribution < -0.4 is 5.32 Å². The monoisotopic (exact) mass is 345 g/mol. The molecule has 0 aromatic rings. The lowest BCUT2D eigenvalue weighted by atomic mass is 9.93. The number of carboxylic acid groups (broad SMARTS) is 1. The van der Waals surface area contributed by atoms with Crippen LogP contribution in [0.2, 0.25) is 0 Å². The van der Waals surface area contributed by atoms with E-state index in [4.69, 9.17) is 19.7 Å². The van der Waals surface area contributed by atoms with Gasteiger partial charge >= 0.3 is 5.97 Å². The Labute approximate surface area is 139 Å². The van der Waals surface area contributed by atoms with Crippen LogP contribution in [0.3, 0.4) is 0 Å². The summed E-state index contributed by atoms with van der Waals surface area (Å²) in [6.07, 6.45) is -4.33. The Morgan fingerprint density at radius 2 is 2.04 bits per heavy atom. The molecule has 0 radical (unpaired) electrons. The van der Waals surface area contributed by atoms with Crippen LogP contribution >= 0.6 is 0 Å². The summed E-state index contributed by atoms with van der Waals surface area (Å²) < 4.78 is 10.7. The number of aliphatic carboxylic acids is 1. The maximum Gasteiger partial charge on any atom is 0.370 e. The second kappa shape index (κ2) is 8.78. The van der Waals surface area contributed by atoms with Crippen molar-refractivity contribution >= 4 is 11.9 Å². The highest BCUT2D eigenvalue weighted by molar-refractivity contribution is 5.84. The van der Waals surface area contributed by atoms with Gasteiger partial charge in [0, 0.05) is 6.92 Å². The number of carbonyl (C=O) groups excluding carboxylic acids is 1. The molecule has 9 heteroatoms. The fourth-order valence-corrected chi connectivity index (χ4v) is 2.22. The van der Waals surface area contributed by atoms with E-state index in [9.17, 15) is 19.8 Å². The Morgan fingerprint density at radius 3 is 2.50 bits per heavy atom. The lowest BCUT2D eigenvalue weighted by Crippen LogP contribution is -2.60. The molecule has 0 saturated carbocycles. The van der Waals surface area contributed by atoms with E-state index in [2.05, 4.69) is 11.9 Å². The first-order chi connectivity index (χ1) is 11.2. The van der Waals surface area contributed by atoms with Crippen molar-refractivity contribution < 1.29 is 39.5 Å². The molecule has 9 nitrogen and oxygen atoms in total. The Kier molecular flexibility index (Phi) is 7.36. The van der Waals surface area contributed by atoms with Crippen LogP contribution in [0, 0.1) is 0 Å². The molecule has 0 bridgehead atoms. The Balaban J connectivity index is 3.17. The van der Waals surface area contributed by atoms with Crippen molar-refractivity contribution in [2.75, 3.05) is 13.2 Å². The minimum absolute atomic E-state index is 0.0928. The van der Waals surface area contributed by atoms with Crippen molar-refractivity contribution in [2.24, 2.45) is 0 Å². The van der Waals surface area contributed by atoms with Crippen molar-refractivity contribution in [1.29, 1.82) is 0 Å². The molecule has 24 heavy (non-hydrogen) atoms. The first kappa shape index (κ1) is 20.1. The van der Waals surface area contributed by atoms with Gasteiger partial charge in [-0.3, -0.25) is 4.79 Å². The van der Waals surface area contributed by atoms with E-state index < -0.39 is 54.7 Å². The van der Waals surface area contributed by atoms with Crippen LogP contribution in [-0.2, 0) is 19.1 Å². The predicted molar refractivity (Wildman–Crippen MR) is 81.8 cm³/mol. The third-order valence-corrected chi connectivity index (χ3v) is 3.31. The molecule has 0 aliphatic carbocycles. The minimum Gasteiger partial charge on any atom is -0.478 e. The molecule has 0 unspecified atom stereocenters. The molecule has 0 spiro atoms. The normalized spacial score (nSPS) is 25.9. The highest BCUT2D eigenvalue weighted by Crippen LogP contribution is 2.25. The third-order valence-electron chi connectivity index (χ3n) is 3.31. The smallest absolute Gasteiger partial charge is 0.370 e. The highest BCUT2D eigenvalue weighted by Gasteiger charge is 2.44. The molecule has 1 amide bonds. The summed E-state index contributed by atoms with van der Waals surface area (Å²) in [4.78, 5) is 22.7. The third kappa shape index (κ3) is 5.31. The van der Waals surface area contributed by atoms with Crippen LogP contribution in [0.4, 0.5) is 0 Å². The Morgan fingerprint density at radius 1 is 1.42 bits per heavy atom. The van der Waals surface area contributed by atoms with Crippen molar-refractivity contribution in [1.82, 2.24) is 5.32 Å². The van der Waals surface area contributed by atoms with E-state index in [0.29, 0.717) is 5.57 Å². The van der Waals surface area contributed by atoms with E-state index in [1.54, 1.807) is 6.92 Å². The molecule has 0 aromatic carbocycles. The van der Waals surface area contributed by atoms with Crippen LogP contribution in [-0.4, -0.2) is 76.0 Å². The van der Waals surface area contributed by atoms with Crippen molar-refractivity contribution in [2.45, 2.75) is 44.3 Å². The van der Waals surface area contributed by atoms with E-state index in [0.717, 1.165) is 0 Å². The molecule has 0 saturated heterocycles. The average molecular weight is 345 g/mol. The van der Waals surface area contributed by atoms with Gasteiger partial charge in [-0.15, -0.1) is 0 Å². The van der Waals surface area contributed by atoms with Crippen LogP contribution in [0.5, 0.6) is 0 Å². The van der Waals surface area contributed by atoms with Gasteiger partial charge in [0.2, 0.25) is 11.7 Å². The standard InChI is InChI=1S/C15H23NO8/c1-7(2)6-23-10-4-11(15(21)22)24-14(12(10)16-8(3)18)13(20)9(19)5-17/h4,9-10,12-14,17,19-20H,1,5-6H2,2-3H3,(H,16,18)(H,21,22)/t9-,10+,12-,13-,14-/m1/s1. The van der Waals surface area contributed by atoms with Crippen LogP contribution in [0.15, 0.2) is 24.0 Å². The summed E-state index contributed by atoms with van der Waals surface area (Å²) in [5, 5.41) is 40.4. The van der Waals surface area contributed by atoms with Crippen molar-refractivity contribution in [3.8, 4) is 0 Å². The summed E-state index contributed by atoms with van der Waals surface area (Å²) in [5.74, 6) is -2.34. The number of hydrogen-bond acceptors (Lipinski definition) is 7. The zero-order valence-electron chi connectivity index (χ0n) is 13.5. The number of rotatable bonds is 8. The molecule has 5 N–H and O–H groups in total. The largest absolute Gasteiger partial charge is 0.478 e. The molecular formula is C15H23NO8. The molecule has 0 aromatic heterocycles. The number of aliphatic hydroxyl groups is 3. The van der Waals surface area contributed by atoms with E-state index in [1.165, 1.54) is 13.0 Å². The zero-order chi connectivity index (χ0) is 18.4. The average Bonchev–Trinajstić information content (AvgIpc) is 2.51. The number of carboxylic acids is 1. The number of aliphatic hydroxyl groups excluding tert-OH is 3. The highest BCUT2D eigenvalue weighted by atomic mass is 16.5. The number of hydrogen-bond donors (Lipinski definition) is 5. The maximum atomic E-state index is 11.4. The molecular weight excluding hydrogens is 322 g/mol. The number of amides is 1. The maximum absolute atomic E-state index is 11.4. The van der Waals surface area contributed by atoms with Gasteiger partial charge in [0.25, 0.3) is 0 Å². The fourth-order valence-electron chi connectivity index (χ4n) is 2.22. The summed E-state index contributed by atoms with van der Waals surface area (Å²) >= 11 is 0. The van der Waals surface area contributed by atoms with E-state index in [1.807, 2.05) is 0 Å². The number of ether oxygens (including phenoxy) is 2. The topological polar surface area (TPSA) is 146 Å². The summed E-state index contributed by atoms with van der Waals surface area (Å²) in [7, 11) is 0. The predicted octanol–water partition coefficient (Wildman–Crippen LogP) is -1.47. The van der Waals surface area contributed by atoms with Gasteiger partial charge in [0.1, 0.15) is 18.3 Å². The number of carbonyl (C=O) groups is 2. The quantitative estimate of drug-likeness (QED) is 0.335. The minimum atomic E-state index is -1.65. The Bertz CT molecular complexity index is 518. The lowest BCUT2D eigenvalue weighted by Gasteiger charge is -2.39. The van der Waals surface area contributed by atoms with Gasteiger partial charge in [-0.2, -0.15) is 0 Å². The molecule has 136 valence electrons. The lowest BCUT2D eigenvalue weighted by molar-refractivity contribution is -0.151. The van der Waals surface area contributed by atoms with Crippen LogP contribution in [0.25, 0.3) is 0 Å². The van der Waals surface area contributed by atoms with Gasteiger partial charge in [-0.1, -0.05) is 12.2 Å². The second-order valence-corrected chi connectivity index (χ2v) is 5.62. The molecule has 1 aliphatic rings. The zero-order valence-corrected chi connectivity index (χ0v) is 13.5. The second-order valence-electron chi connectivity index (χ2n) is 5.62. The molecule has 1 heterocycles. The molecule has 1 aliphatic heterocycles. The van der Waals surface area contributed by atoms with Crippen LogP contribution in [0.1, 0.15) is 13.8 Å². The van der Waals surface area contributed by atoms with Gasteiger partial charge < -0.3 is 35.2 Å². The van der Waals surface area contributed by atoms with Crippen molar-refractivity contribution in [3.05, 3.63) is 24.0 Å². The van der Waals surface area contributed by atoms with Crippen molar-refractivity contribution in [3.63, 3.8) is 0 Å². The molecule has 5 atom stereocenters. The SMILES string of the molecule is C=C(C)CO[C@H]1C=C(C(=O)O)O[C@@H]([C@H](O)[C@H](O)CO)[C@@H]1NC(C)=O. The molecule has 1 rings (SSSR count). The number of nitrogens with one attached hydrogen (secondary N) is 1. The fraction of sp³-hybridized carbons (Fsp3) is 0.600. The summed E-state index contributed by atoms with van der Waals surface area (Å²) in [6.45, 7) is 5.94. The Hall–Kier alpha value is -1.94. The summed E-state index contributed by atoms with van der Waals surface area (Å²) in [6, 6.07) is -0.971. The van der Waals surface area contributed by atoms with Gasteiger partial charge in [0.05, 0.1) is 19.3 Å². The van der Waals surface area contributed by atoms with Gasteiger partial charge in [0.15, 0.2) is 6.10 Å². The molecule has 0 fully saturated rings.